The van der Waals surface area contributed by atoms with Gasteiger partial charge in [0.05, 0.1) is 0 Å². The van der Waals surface area contributed by atoms with E-state index in [4.69, 9.17) is 11.1 Å². The normalized spacial score (nSPS) is 12.2. The van der Waals surface area contributed by atoms with Gasteiger partial charge in [0.25, 0.3) is 0 Å². The molecule has 6 heteroatoms. The van der Waals surface area contributed by atoms with Crippen LogP contribution in [0.5, 0.6) is 11.5 Å². The van der Waals surface area contributed by atoms with Gasteiger partial charge in [0.15, 0.2) is 0 Å². The Labute approximate surface area is 256 Å². The second-order valence-electron chi connectivity index (χ2n) is 14.1. The summed E-state index contributed by atoms with van der Waals surface area (Å²) >= 11 is -2.76. The quantitative estimate of drug-likeness (QED) is 0.269. The van der Waals surface area contributed by atoms with Crippen molar-refractivity contribution >= 4 is 29.1 Å². The van der Waals surface area contributed by atoms with E-state index in [1.54, 1.807) is 6.26 Å². The van der Waals surface area contributed by atoms with E-state index in [1.807, 2.05) is 12.1 Å². The van der Waals surface area contributed by atoms with Gasteiger partial charge in [-0.3, -0.25) is 0 Å². The minimum Gasteiger partial charge on any atom is -0.147 e. The molecule has 1 heterocycles. The molecule has 0 fully saturated rings. The summed E-state index contributed by atoms with van der Waals surface area (Å²) in [6.45, 7) is 26.9. The Hall–Kier alpha value is -1.52. The third kappa shape index (κ3) is 9.53. The molecule has 0 saturated heterocycles. The number of furan rings is 1. The van der Waals surface area contributed by atoms with E-state index in [9.17, 15) is 0 Å². The summed E-state index contributed by atoms with van der Waals surface area (Å²) in [4.78, 5) is 0. The first-order valence-corrected chi connectivity index (χ1v) is 15.4. The maximum Gasteiger partial charge on any atom is -0.147 e. The van der Waals surface area contributed by atoms with Crippen molar-refractivity contribution in [3.05, 3.63) is 82.8 Å². The van der Waals surface area contributed by atoms with Crippen molar-refractivity contribution in [1.29, 1.82) is 0 Å². The SMILES string of the molecule is CC(C)(C)c1ccc([O][Ti](=[CH]c2ccco2)[O]c2ccc(C(C)(C)C)cc2C(C)(C)C)c(C(C)(C)C)c1.Cl.Cl. The van der Waals surface area contributed by atoms with Gasteiger partial charge in [0.2, 0.25) is 0 Å². The summed E-state index contributed by atoms with van der Waals surface area (Å²) in [5, 5.41) is 0. The van der Waals surface area contributed by atoms with Gasteiger partial charge in [-0.15, -0.1) is 24.8 Å². The predicted molar refractivity (Wildman–Crippen MR) is 167 cm³/mol. The standard InChI is InChI=1S/2C14H22O.C5H4O.2ClH.Ti/c2*1-13(2,3)10-7-8-12(15)11(9-10)14(4,5)6;1-5-3-2-4-6-5;;;/h2*7-9,15H,1-6H3;1-4H;2*1H;/q;;;;;+2/p-2. The van der Waals surface area contributed by atoms with Crippen LogP contribution in [0.25, 0.3) is 0 Å². The summed E-state index contributed by atoms with van der Waals surface area (Å²) in [5.41, 5.74) is 4.96. The van der Waals surface area contributed by atoms with E-state index >= 15 is 0 Å². The summed E-state index contributed by atoms with van der Waals surface area (Å²) in [6.07, 6.45) is 1.69. The van der Waals surface area contributed by atoms with Crippen molar-refractivity contribution in [2.75, 3.05) is 0 Å². The molecule has 0 aliphatic heterocycles. The molecule has 0 aliphatic carbocycles. The molecule has 0 atom stereocenters. The Balaban J connectivity index is 0.00000380. The minimum atomic E-state index is -2.76. The minimum absolute atomic E-state index is 0. The van der Waals surface area contributed by atoms with Crippen molar-refractivity contribution < 1.29 is 29.2 Å². The monoisotopic (exact) mass is 610 g/mol. The summed E-state index contributed by atoms with van der Waals surface area (Å²) in [6, 6.07) is 17.1. The second kappa shape index (κ2) is 13.0. The Kier molecular flexibility index (Phi) is 11.8. The Morgan fingerprint density at radius 2 is 1.00 bits per heavy atom. The fourth-order valence-electron chi connectivity index (χ4n) is 4.13. The van der Waals surface area contributed by atoms with E-state index in [0.717, 1.165) is 17.3 Å². The van der Waals surface area contributed by atoms with Crippen molar-refractivity contribution in [2.24, 2.45) is 0 Å². The largest absolute Gasteiger partial charge is 0.147 e. The third-order valence-electron chi connectivity index (χ3n) is 6.53. The van der Waals surface area contributed by atoms with Gasteiger partial charge in [-0.2, -0.15) is 0 Å². The van der Waals surface area contributed by atoms with E-state index in [2.05, 4.69) is 124 Å². The van der Waals surface area contributed by atoms with Crippen LogP contribution >= 0.6 is 24.8 Å². The van der Waals surface area contributed by atoms with Gasteiger partial charge in [0.1, 0.15) is 0 Å². The molecule has 0 bridgehead atoms. The molecule has 0 N–H and O–H groups in total. The molecule has 0 amide bonds. The number of hydrogen-bond donors (Lipinski definition) is 0. The van der Waals surface area contributed by atoms with Crippen LogP contribution in [0.1, 0.15) is 111 Å². The number of halogens is 2. The number of benzene rings is 2. The molecule has 0 aliphatic rings. The molecular weight excluding hydrogens is 563 g/mol. The Bertz CT molecular complexity index is 1170. The Morgan fingerprint density at radius 3 is 1.31 bits per heavy atom. The second-order valence-corrected chi connectivity index (χ2v) is 16.2. The molecule has 2 aromatic carbocycles. The zero-order chi connectivity index (χ0) is 27.8. The maximum absolute atomic E-state index is 6.81. The zero-order valence-corrected chi connectivity index (χ0v) is 29.0. The number of hydrogen-bond acceptors (Lipinski definition) is 3. The molecule has 3 rings (SSSR count). The van der Waals surface area contributed by atoms with Gasteiger partial charge in [-0.1, -0.05) is 0 Å². The van der Waals surface area contributed by atoms with Crippen LogP contribution in [-0.2, 0) is 39.8 Å². The van der Waals surface area contributed by atoms with E-state index in [1.165, 1.54) is 22.3 Å². The van der Waals surface area contributed by atoms with Gasteiger partial charge < -0.3 is 0 Å². The zero-order valence-electron chi connectivity index (χ0n) is 25.8. The van der Waals surface area contributed by atoms with Crippen molar-refractivity contribution in [2.45, 2.75) is 105 Å². The maximum atomic E-state index is 6.81. The summed E-state index contributed by atoms with van der Waals surface area (Å²) in [7, 11) is 0. The molecule has 216 valence electrons. The summed E-state index contributed by atoms with van der Waals surface area (Å²) < 4.78 is 21.4. The molecule has 39 heavy (non-hydrogen) atoms. The molecular formula is C33H48Cl2O3Ti. The summed E-state index contributed by atoms with van der Waals surface area (Å²) in [5.74, 6) is 2.56. The Morgan fingerprint density at radius 1 is 0.590 bits per heavy atom. The van der Waals surface area contributed by atoms with Gasteiger partial charge in [-0.05, 0) is 0 Å². The van der Waals surface area contributed by atoms with Gasteiger partial charge in [0, 0.05) is 0 Å². The molecule has 0 unspecified atom stereocenters. The number of rotatable bonds is 5. The van der Waals surface area contributed by atoms with Crippen molar-refractivity contribution in [3.63, 3.8) is 0 Å². The van der Waals surface area contributed by atoms with Crippen LogP contribution in [0.4, 0.5) is 0 Å². The average Bonchev–Trinajstić information content (AvgIpc) is 3.24. The first-order chi connectivity index (χ1) is 16.9. The van der Waals surface area contributed by atoms with Crippen LogP contribution < -0.4 is 6.64 Å². The molecule has 0 spiro atoms. The van der Waals surface area contributed by atoms with Crippen LogP contribution in [0.15, 0.2) is 59.2 Å². The topological polar surface area (TPSA) is 31.6 Å². The molecule has 3 aromatic rings. The van der Waals surface area contributed by atoms with E-state index in [0.29, 0.717) is 0 Å². The van der Waals surface area contributed by atoms with Crippen molar-refractivity contribution in [1.82, 2.24) is 0 Å². The van der Waals surface area contributed by atoms with Crippen LogP contribution in [0.3, 0.4) is 0 Å². The fourth-order valence-corrected chi connectivity index (χ4v) is 6.23. The van der Waals surface area contributed by atoms with Crippen LogP contribution in [0, 0.1) is 0 Å². The molecule has 0 saturated carbocycles. The van der Waals surface area contributed by atoms with Gasteiger partial charge >= 0.3 is 233 Å². The van der Waals surface area contributed by atoms with Crippen LogP contribution in [-0.4, -0.2) is 4.31 Å². The smallest absolute Gasteiger partial charge is 0.147 e. The third-order valence-corrected chi connectivity index (χ3v) is 8.66. The van der Waals surface area contributed by atoms with E-state index in [-0.39, 0.29) is 46.5 Å². The average molecular weight is 612 g/mol. The van der Waals surface area contributed by atoms with Crippen LogP contribution in [0.2, 0.25) is 0 Å². The molecule has 3 nitrogen and oxygen atoms in total. The first-order valence-electron chi connectivity index (χ1n) is 13.3. The van der Waals surface area contributed by atoms with Gasteiger partial charge in [-0.25, -0.2) is 0 Å². The van der Waals surface area contributed by atoms with Crippen molar-refractivity contribution in [3.8, 4) is 11.5 Å². The van der Waals surface area contributed by atoms with E-state index < -0.39 is 18.2 Å². The molecule has 1 aromatic heterocycles. The molecule has 0 radical (unpaired) electrons. The fraction of sp³-hybridized carbons (Fsp3) is 0.485. The predicted octanol–water partition coefficient (Wildman–Crippen LogP) is 10.1. The first kappa shape index (κ1) is 35.5.